The van der Waals surface area contributed by atoms with E-state index in [0.717, 1.165) is 23.4 Å². The van der Waals surface area contributed by atoms with Gasteiger partial charge < -0.3 is 15.5 Å². The number of nitrogens with zero attached hydrogens (tertiary/aromatic N) is 1. The maximum atomic E-state index is 12.5. The van der Waals surface area contributed by atoms with Crippen LogP contribution in [-0.2, 0) is 6.18 Å². The lowest BCUT2D eigenvalue weighted by atomic mass is 10.1. The lowest BCUT2D eigenvalue weighted by Gasteiger charge is -2.13. The Bertz CT molecular complexity index is 818. The largest absolute Gasteiger partial charge is 0.416 e. The summed E-state index contributed by atoms with van der Waals surface area (Å²) in [5, 5.41) is 4.99. The number of carbonyl (C=O) groups is 1. The molecule has 26 heavy (non-hydrogen) atoms. The average molecular weight is 361 g/mol. The minimum absolute atomic E-state index is 0.105. The fraction of sp³-hybridized carbons (Fsp3) is 0.211. The van der Waals surface area contributed by atoms with Crippen molar-refractivity contribution in [2.24, 2.45) is 0 Å². The van der Waals surface area contributed by atoms with Crippen molar-refractivity contribution in [3.05, 3.63) is 59.7 Å². The number of alkyl halides is 3. The Morgan fingerprint density at radius 1 is 1.08 bits per heavy atom. The van der Waals surface area contributed by atoms with Crippen molar-refractivity contribution in [2.75, 3.05) is 30.9 Å². The Kier molecular flexibility index (Phi) is 6.12. The molecule has 0 radical (unpaired) electrons. The highest BCUT2D eigenvalue weighted by atomic mass is 19.4. The summed E-state index contributed by atoms with van der Waals surface area (Å²) >= 11 is 0. The second-order valence-electron chi connectivity index (χ2n) is 5.60. The summed E-state index contributed by atoms with van der Waals surface area (Å²) in [6.07, 6.45) is -4.40. The Morgan fingerprint density at radius 3 is 2.35 bits per heavy atom. The highest BCUT2D eigenvalue weighted by Crippen LogP contribution is 2.29. The van der Waals surface area contributed by atoms with E-state index in [4.69, 9.17) is 0 Å². The van der Waals surface area contributed by atoms with E-state index in [1.54, 1.807) is 0 Å². The van der Waals surface area contributed by atoms with Gasteiger partial charge >= 0.3 is 12.2 Å². The maximum Gasteiger partial charge on any atom is 0.416 e. The first-order valence-corrected chi connectivity index (χ1v) is 7.74. The van der Waals surface area contributed by atoms with E-state index in [2.05, 4.69) is 22.5 Å². The van der Waals surface area contributed by atoms with Crippen LogP contribution in [0.15, 0.2) is 48.5 Å². The third-order valence-electron chi connectivity index (χ3n) is 3.42. The molecular formula is C19H18F3N3O. The second kappa shape index (κ2) is 8.30. The van der Waals surface area contributed by atoms with Crippen molar-refractivity contribution < 1.29 is 18.0 Å². The monoisotopic (exact) mass is 361 g/mol. The molecule has 0 aliphatic carbocycles. The molecule has 2 aromatic carbocycles. The van der Waals surface area contributed by atoms with Gasteiger partial charge in [-0.15, -0.1) is 0 Å². The second-order valence-corrected chi connectivity index (χ2v) is 5.60. The molecule has 2 rings (SSSR count). The Morgan fingerprint density at radius 2 is 1.73 bits per heavy atom. The zero-order chi connectivity index (χ0) is 19.2. The van der Waals surface area contributed by atoms with Crippen LogP contribution in [0.25, 0.3) is 0 Å². The number of anilines is 2. The molecule has 0 fully saturated rings. The van der Waals surface area contributed by atoms with Crippen LogP contribution in [0, 0.1) is 11.8 Å². The van der Waals surface area contributed by atoms with Crippen LogP contribution in [0.4, 0.5) is 29.3 Å². The molecule has 136 valence electrons. The molecule has 0 spiro atoms. The zero-order valence-corrected chi connectivity index (χ0v) is 14.3. The molecule has 0 bridgehead atoms. The van der Waals surface area contributed by atoms with Crippen molar-refractivity contribution in [2.45, 2.75) is 6.18 Å². The third-order valence-corrected chi connectivity index (χ3v) is 3.42. The molecule has 0 unspecified atom stereocenters. The van der Waals surface area contributed by atoms with Gasteiger partial charge in [0, 0.05) is 25.3 Å². The molecule has 0 aromatic heterocycles. The van der Waals surface area contributed by atoms with Crippen molar-refractivity contribution >= 4 is 17.4 Å². The number of para-hydroxylation sites is 1. The molecule has 7 heteroatoms. The topological polar surface area (TPSA) is 44.4 Å². The molecule has 2 amide bonds. The Labute approximate surface area is 150 Å². The predicted octanol–water partition coefficient (Wildman–Crippen LogP) is 3.94. The molecule has 4 nitrogen and oxygen atoms in total. The van der Waals surface area contributed by atoms with Gasteiger partial charge in [0.15, 0.2) is 0 Å². The summed E-state index contributed by atoms with van der Waals surface area (Å²) in [5.74, 6) is 5.82. The summed E-state index contributed by atoms with van der Waals surface area (Å²) in [7, 11) is 3.83. The highest BCUT2D eigenvalue weighted by Gasteiger charge is 2.29. The number of hydrogen-bond donors (Lipinski definition) is 2. The van der Waals surface area contributed by atoms with Crippen molar-refractivity contribution in [3.63, 3.8) is 0 Å². The smallest absolute Gasteiger partial charge is 0.377 e. The van der Waals surface area contributed by atoms with Gasteiger partial charge in [-0.05, 0) is 36.4 Å². The number of benzene rings is 2. The first-order chi connectivity index (χ1) is 12.3. The quantitative estimate of drug-likeness (QED) is 0.814. The van der Waals surface area contributed by atoms with Crippen molar-refractivity contribution in [3.8, 4) is 11.8 Å². The highest BCUT2D eigenvalue weighted by molar-refractivity contribution is 5.89. The lowest BCUT2D eigenvalue weighted by Crippen LogP contribution is -2.28. The molecule has 2 aromatic rings. The third kappa shape index (κ3) is 5.45. The van der Waals surface area contributed by atoms with Crippen LogP contribution in [0.2, 0.25) is 0 Å². The maximum absolute atomic E-state index is 12.5. The molecule has 0 atom stereocenters. The van der Waals surface area contributed by atoms with Crippen LogP contribution in [0.3, 0.4) is 0 Å². The van der Waals surface area contributed by atoms with Gasteiger partial charge in [-0.3, -0.25) is 0 Å². The number of rotatable bonds is 3. The predicted molar refractivity (Wildman–Crippen MR) is 96.1 cm³/mol. The van der Waals surface area contributed by atoms with E-state index in [-0.39, 0.29) is 12.2 Å². The average Bonchev–Trinajstić information content (AvgIpc) is 2.58. The Balaban J connectivity index is 1.89. The first-order valence-electron chi connectivity index (χ1n) is 7.74. The van der Waals surface area contributed by atoms with Gasteiger partial charge in [0.25, 0.3) is 0 Å². The van der Waals surface area contributed by atoms with Gasteiger partial charge in [0.2, 0.25) is 0 Å². The molecular weight excluding hydrogens is 343 g/mol. The minimum atomic E-state index is -4.40. The van der Waals surface area contributed by atoms with E-state index in [1.165, 1.54) is 12.1 Å². The minimum Gasteiger partial charge on any atom is -0.377 e. The summed E-state index contributed by atoms with van der Waals surface area (Å²) in [6, 6.07) is 11.3. The SMILES string of the molecule is CN(C)c1ccccc1C#CCNC(=O)Nc1ccc(C(F)(F)F)cc1. The number of urea groups is 1. The summed E-state index contributed by atoms with van der Waals surface area (Å²) in [6.45, 7) is 0.105. The zero-order valence-electron chi connectivity index (χ0n) is 14.3. The van der Waals surface area contributed by atoms with Crippen LogP contribution in [0.1, 0.15) is 11.1 Å². The van der Waals surface area contributed by atoms with Crippen LogP contribution < -0.4 is 15.5 Å². The molecule has 0 heterocycles. The van der Waals surface area contributed by atoms with E-state index in [9.17, 15) is 18.0 Å². The van der Waals surface area contributed by atoms with Crippen molar-refractivity contribution in [1.29, 1.82) is 0 Å². The van der Waals surface area contributed by atoms with E-state index >= 15 is 0 Å². The summed E-state index contributed by atoms with van der Waals surface area (Å²) < 4.78 is 37.5. The van der Waals surface area contributed by atoms with Gasteiger partial charge in [-0.25, -0.2) is 4.79 Å². The van der Waals surface area contributed by atoms with E-state index in [0.29, 0.717) is 0 Å². The standard InChI is InChI=1S/C19H18F3N3O/c1-25(2)17-8-4-3-6-14(17)7-5-13-23-18(26)24-16-11-9-15(10-12-16)19(20,21)22/h3-4,6,8-12H,13H2,1-2H3,(H2,23,24,26). The number of carbonyl (C=O) groups excluding carboxylic acids is 1. The normalized spacial score (nSPS) is 10.5. The molecule has 2 N–H and O–H groups in total. The fourth-order valence-electron chi connectivity index (χ4n) is 2.15. The van der Waals surface area contributed by atoms with Gasteiger partial charge in [0.05, 0.1) is 17.8 Å². The fourth-order valence-corrected chi connectivity index (χ4v) is 2.15. The van der Waals surface area contributed by atoms with Gasteiger partial charge in [-0.1, -0.05) is 24.0 Å². The summed E-state index contributed by atoms with van der Waals surface area (Å²) in [5.41, 5.74) is 1.30. The van der Waals surface area contributed by atoms with E-state index in [1.807, 2.05) is 43.3 Å². The van der Waals surface area contributed by atoms with Crippen LogP contribution >= 0.6 is 0 Å². The van der Waals surface area contributed by atoms with Crippen molar-refractivity contribution in [1.82, 2.24) is 5.32 Å². The number of nitrogens with one attached hydrogen (secondary N) is 2. The van der Waals surface area contributed by atoms with Crippen LogP contribution in [0.5, 0.6) is 0 Å². The molecule has 0 saturated carbocycles. The van der Waals surface area contributed by atoms with E-state index < -0.39 is 17.8 Å². The van der Waals surface area contributed by atoms with Gasteiger partial charge in [-0.2, -0.15) is 13.2 Å². The van der Waals surface area contributed by atoms with Gasteiger partial charge in [0.1, 0.15) is 0 Å². The number of halogens is 3. The molecule has 0 saturated heterocycles. The first kappa shape index (κ1) is 19.2. The van der Waals surface area contributed by atoms with Crippen LogP contribution in [-0.4, -0.2) is 26.7 Å². The molecule has 0 aliphatic rings. The lowest BCUT2D eigenvalue weighted by molar-refractivity contribution is -0.137. The summed E-state index contributed by atoms with van der Waals surface area (Å²) in [4.78, 5) is 13.7. The molecule has 0 aliphatic heterocycles. The number of hydrogen-bond acceptors (Lipinski definition) is 2. The number of amides is 2. The Hall–Kier alpha value is -3.14.